The zero-order chi connectivity index (χ0) is 45.9. The molecule has 2 aliphatic carbocycles. The lowest BCUT2D eigenvalue weighted by Crippen LogP contribution is -2.38. The molecule has 7 aromatic rings. The molecule has 0 saturated heterocycles. The summed E-state index contributed by atoms with van der Waals surface area (Å²) in [4.78, 5) is 33.7. The molecule has 0 bridgehead atoms. The van der Waals surface area contributed by atoms with Crippen molar-refractivity contribution in [2.45, 2.75) is 43.7 Å². The number of halogens is 10. The molecule has 4 aromatic carbocycles. The van der Waals surface area contributed by atoms with E-state index in [1.807, 2.05) is 0 Å². The Morgan fingerprint density at radius 3 is 2.38 bits per heavy atom. The van der Waals surface area contributed by atoms with Gasteiger partial charge >= 0.3 is 0 Å². The second kappa shape index (κ2) is 15.1. The number of rotatable bonds is 11. The van der Waals surface area contributed by atoms with Crippen molar-refractivity contribution >= 4 is 55.2 Å². The van der Waals surface area contributed by atoms with Crippen LogP contribution in [-0.4, -0.2) is 49.7 Å². The molecule has 64 heavy (non-hydrogen) atoms. The van der Waals surface area contributed by atoms with Crippen LogP contribution in [0, 0.1) is 35.0 Å². The van der Waals surface area contributed by atoms with Crippen molar-refractivity contribution < 1.29 is 52.7 Å². The predicted octanol–water partition coefficient (Wildman–Crippen LogP) is 8.10. The van der Waals surface area contributed by atoms with Crippen LogP contribution < -0.4 is 15.6 Å². The normalized spacial score (nSPS) is 17.0. The van der Waals surface area contributed by atoms with Gasteiger partial charge in [-0.15, -0.1) is 0 Å². The maximum absolute atomic E-state index is 15.5. The van der Waals surface area contributed by atoms with Crippen LogP contribution in [0.25, 0.3) is 38.6 Å². The summed E-state index contributed by atoms with van der Waals surface area (Å²) in [6, 6.07) is 8.39. The molecule has 0 radical (unpaired) electrons. The molecule has 1 fully saturated rings. The quantitative estimate of drug-likeness (QED) is 0.0985. The maximum atomic E-state index is 15.5. The van der Waals surface area contributed by atoms with E-state index in [1.54, 1.807) is 0 Å². The Bertz CT molecular complexity index is 3300. The van der Waals surface area contributed by atoms with Gasteiger partial charge in [-0.1, -0.05) is 17.7 Å². The number of carbonyl (C=O) groups is 1. The summed E-state index contributed by atoms with van der Waals surface area (Å²) in [5, 5.41) is 10.2. The van der Waals surface area contributed by atoms with Crippen molar-refractivity contribution in [3.8, 4) is 16.8 Å². The van der Waals surface area contributed by atoms with Crippen LogP contribution in [0.15, 0.2) is 65.5 Å². The van der Waals surface area contributed by atoms with E-state index in [1.165, 1.54) is 36.0 Å². The summed E-state index contributed by atoms with van der Waals surface area (Å²) >= 11 is 6.58. The number of fused-ring (bicyclic) bond motifs is 5. The van der Waals surface area contributed by atoms with Crippen LogP contribution in [0.1, 0.15) is 53.1 Å². The van der Waals surface area contributed by atoms with Gasteiger partial charge in [-0.2, -0.15) is 19.0 Å². The summed E-state index contributed by atoms with van der Waals surface area (Å²) in [6.45, 7) is -1.08. The second-order valence-electron chi connectivity index (χ2n) is 15.5. The van der Waals surface area contributed by atoms with Crippen molar-refractivity contribution in [2.24, 2.45) is 13.0 Å². The molecule has 9 rings (SSSR count). The molecule has 3 heterocycles. The average molecular weight is 935 g/mol. The fourth-order valence-electron chi connectivity index (χ4n) is 8.50. The molecule has 3 aromatic heterocycles. The van der Waals surface area contributed by atoms with Gasteiger partial charge in [0.25, 0.3) is 17.9 Å². The minimum atomic E-state index is -3.98. The lowest BCUT2D eigenvalue weighted by atomic mass is 10.0. The number of nitrogens with zero attached hydrogens (tertiary/aromatic N) is 6. The minimum absolute atomic E-state index is 0.00191. The Balaban J connectivity index is 1.27. The largest absolute Gasteiger partial charge is 0.344 e. The first kappa shape index (κ1) is 42.9. The molecule has 3 atom stereocenters. The standard InChI is InChI=1S/C41H28ClF9N8O4S/c1-57-35-28(8-6-24(42)31(35)38(55-57)56-64(2,62)63)59-39(53-26-12-17(3-4-21(26)40(59)61)20-5-7-25(45)33(47)32(20)46)27(11-16-9-18(43)13-19(44)10-16)52-29(60)15-58-36-30(34(54-58)37(48)49)22-14-23(22)41(36,50)51/h3-10,12-13,22-23,27,37H,11,14-15H2,1-2H3,(H,52,60)(H,55,56)/t22-,23+,27-/m0/s1. The Morgan fingerprint density at radius 1 is 0.969 bits per heavy atom. The third-order valence-electron chi connectivity index (χ3n) is 11.2. The van der Waals surface area contributed by atoms with Gasteiger partial charge in [0.2, 0.25) is 15.9 Å². The number of nitrogens with one attached hydrogen (secondary N) is 2. The Kier molecular flexibility index (Phi) is 10.1. The summed E-state index contributed by atoms with van der Waals surface area (Å²) in [5.41, 5.74) is -4.12. The third kappa shape index (κ3) is 7.21. The van der Waals surface area contributed by atoms with Crippen LogP contribution >= 0.6 is 11.6 Å². The number of anilines is 1. The van der Waals surface area contributed by atoms with Crippen molar-refractivity contribution in [2.75, 3.05) is 11.0 Å². The van der Waals surface area contributed by atoms with E-state index in [0.717, 1.165) is 35.1 Å². The summed E-state index contributed by atoms with van der Waals surface area (Å²) in [5.74, 6) is -14.6. The van der Waals surface area contributed by atoms with Gasteiger partial charge in [0.15, 0.2) is 23.3 Å². The molecule has 2 N–H and O–H groups in total. The minimum Gasteiger partial charge on any atom is -0.344 e. The van der Waals surface area contributed by atoms with Gasteiger partial charge in [-0.3, -0.25) is 28.2 Å². The predicted molar refractivity (Wildman–Crippen MR) is 213 cm³/mol. The van der Waals surface area contributed by atoms with E-state index in [0.29, 0.717) is 16.8 Å². The van der Waals surface area contributed by atoms with Crippen LogP contribution in [-0.2, 0) is 40.8 Å². The highest BCUT2D eigenvalue weighted by atomic mass is 35.5. The van der Waals surface area contributed by atoms with Gasteiger partial charge < -0.3 is 5.32 Å². The number of alkyl halides is 4. The van der Waals surface area contributed by atoms with E-state index >= 15 is 13.2 Å². The van der Waals surface area contributed by atoms with Crippen LogP contribution in [0.2, 0.25) is 5.02 Å². The first-order valence-corrected chi connectivity index (χ1v) is 21.2. The summed E-state index contributed by atoms with van der Waals surface area (Å²) in [6.07, 6.45) is -3.07. The van der Waals surface area contributed by atoms with Crippen LogP contribution in [0.5, 0.6) is 0 Å². The van der Waals surface area contributed by atoms with E-state index in [4.69, 9.17) is 11.6 Å². The second-order valence-corrected chi connectivity index (χ2v) is 17.6. The molecule has 0 unspecified atom stereocenters. The molecule has 0 spiro atoms. The van der Waals surface area contributed by atoms with Gasteiger partial charge in [-0.05, 0) is 72.0 Å². The number of aromatic nitrogens is 6. The lowest BCUT2D eigenvalue weighted by molar-refractivity contribution is -0.123. The number of sulfonamides is 1. The fraction of sp³-hybridized carbons (Fsp3) is 0.244. The van der Waals surface area contributed by atoms with Crippen LogP contribution in [0.4, 0.5) is 45.3 Å². The first-order chi connectivity index (χ1) is 30.1. The van der Waals surface area contributed by atoms with E-state index in [-0.39, 0.29) is 61.4 Å². The smallest absolute Gasteiger partial charge is 0.293 e. The SMILES string of the molecule is Cn1nc(NS(C)(=O)=O)c2c(Cl)ccc(-n3c([C@H](Cc4cc(F)cc(F)c4)NC(=O)Cn4nc(C(F)F)c5c4C(F)(F)[C@@H]4C[C@H]54)nc4cc(-c5ccc(F)c(F)c5F)ccc4c3=O)c21. The molecule has 0 aliphatic heterocycles. The zero-order valence-electron chi connectivity index (χ0n) is 32.7. The molecule has 2 aliphatic rings. The van der Waals surface area contributed by atoms with Crippen molar-refractivity contribution in [3.63, 3.8) is 0 Å². The number of hydrogen-bond acceptors (Lipinski definition) is 7. The van der Waals surface area contributed by atoms with Gasteiger partial charge in [0, 0.05) is 36.6 Å². The van der Waals surface area contributed by atoms with Crippen molar-refractivity contribution in [1.29, 1.82) is 0 Å². The van der Waals surface area contributed by atoms with Gasteiger partial charge in [-0.25, -0.2) is 44.1 Å². The fourth-order valence-corrected chi connectivity index (χ4v) is 9.23. The topological polar surface area (TPSA) is 146 Å². The average Bonchev–Trinajstić information content (AvgIpc) is 3.75. The van der Waals surface area contributed by atoms with Crippen LogP contribution in [0.3, 0.4) is 0 Å². The highest BCUT2D eigenvalue weighted by Crippen LogP contribution is 2.68. The monoisotopic (exact) mass is 934 g/mol. The van der Waals surface area contributed by atoms with Crippen molar-refractivity contribution in [3.05, 3.63) is 133 Å². The number of benzene rings is 4. The highest BCUT2D eigenvalue weighted by Gasteiger charge is 2.67. The van der Waals surface area contributed by atoms with Crippen molar-refractivity contribution in [1.82, 2.24) is 34.4 Å². The molecular formula is C41H28ClF9N8O4S. The highest BCUT2D eigenvalue weighted by molar-refractivity contribution is 7.92. The van der Waals surface area contributed by atoms with E-state index in [9.17, 15) is 44.3 Å². The number of aryl methyl sites for hydroxylation is 1. The summed E-state index contributed by atoms with van der Waals surface area (Å²) < 4.78 is 162. The molecule has 332 valence electrons. The lowest BCUT2D eigenvalue weighted by Gasteiger charge is -2.24. The third-order valence-corrected chi connectivity index (χ3v) is 12.0. The van der Waals surface area contributed by atoms with Gasteiger partial charge in [0.05, 0.1) is 44.8 Å². The van der Waals surface area contributed by atoms with Gasteiger partial charge in [0.1, 0.15) is 35.4 Å². The zero-order valence-corrected chi connectivity index (χ0v) is 34.3. The maximum Gasteiger partial charge on any atom is 0.293 e. The molecule has 12 nitrogen and oxygen atoms in total. The molecule has 1 saturated carbocycles. The number of amides is 1. The Labute approximate surface area is 359 Å². The molecule has 23 heteroatoms. The number of carbonyl (C=O) groups excluding carboxylic acids is 1. The molecule has 1 amide bonds. The van der Waals surface area contributed by atoms with E-state index < -0.39 is 117 Å². The first-order valence-electron chi connectivity index (χ1n) is 19.0. The van der Waals surface area contributed by atoms with E-state index in [2.05, 4.69) is 25.2 Å². The Hall–Kier alpha value is -6.42. The Morgan fingerprint density at radius 2 is 1.69 bits per heavy atom. The summed E-state index contributed by atoms with van der Waals surface area (Å²) in [7, 11) is -2.60. The number of hydrogen-bond donors (Lipinski definition) is 2. The molecular weight excluding hydrogens is 907 g/mol.